The van der Waals surface area contributed by atoms with Gasteiger partial charge in [0.2, 0.25) is 5.91 Å². The Hall–Kier alpha value is -2.94. The van der Waals surface area contributed by atoms with Gasteiger partial charge in [0.25, 0.3) is 10.0 Å². The second kappa shape index (κ2) is 11.0. The van der Waals surface area contributed by atoms with E-state index in [9.17, 15) is 13.2 Å². The maximum absolute atomic E-state index is 13.5. The summed E-state index contributed by atoms with van der Waals surface area (Å²) in [6.07, 6.45) is 0. The highest BCUT2D eigenvalue weighted by molar-refractivity contribution is 7.92. The van der Waals surface area contributed by atoms with Gasteiger partial charge in [0.15, 0.2) is 0 Å². The summed E-state index contributed by atoms with van der Waals surface area (Å²) >= 11 is 12.4. The summed E-state index contributed by atoms with van der Waals surface area (Å²) in [5, 5.41) is 3.24. The van der Waals surface area contributed by atoms with Gasteiger partial charge in [-0.2, -0.15) is 0 Å². The molecule has 10 heteroatoms. The third kappa shape index (κ3) is 5.75. The molecule has 0 spiro atoms. The number of nitrogens with zero attached hydrogens (tertiary/aromatic N) is 1. The molecule has 0 aliphatic heterocycles. The lowest BCUT2D eigenvalue weighted by molar-refractivity contribution is -0.120. The number of nitrogens with one attached hydrogen (secondary N) is 1. The molecule has 180 valence electrons. The fourth-order valence-corrected chi connectivity index (χ4v) is 5.26. The first-order valence-electron chi connectivity index (χ1n) is 10.2. The highest BCUT2D eigenvalue weighted by Gasteiger charge is 2.29. The molecule has 7 nitrogen and oxygen atoms in total. The molecule has 1 unspecified atom stereocenters. The Kier molecular flexibility index (Phi) is 8.30. The van der Waals surface area contributed by atoms with E-state index in [4.69, 9.17) is 32.7 Å². The van der Waals surface area contributed by atoms with Crippen molar-refractivity contribution in [3.63, 3.8) is 0 Å². The van der Waals surface area contributed by atoms with E-state index < -0.39 is 28.5 Å². The van der Waals surface area contributed by atoms with Crippen molar-refractivity contribution in [1.29, 1.82) is 0 Å². The Bertz CT molecular complexity index is 1270. The smallest absolute Gasteiger partial charge is 0.264 e. The Morgan fingerprint density at radius 2 is 1.71 bits per heavy atom. The van der Waals surface area contributed by atoms with Gasteiger partial charge in [-0.25, -0.2) is 8.42 Å². The van der Waals surface area contributed by atoms with Gasteiger partial charge in [-0.15, -0.1) is 0 Å². The van der Waals surface area contributed by atoms with Crippen molar-refractivity contribution in [3.05, 3.63) is 82.3 Å². The van der Waals surface area contributed by atoms with Gasteiger partial charge in [0.1, 0.15) is 18.0 Å². The van der Waals surface area contributed by atoms with Gasteiger partial charge in [-0.1, -0.05) is 41.4 Å². The average Bonchev–Trinajstić information content (AvgIpc) is 2.84. The van der Waals surface area contributed by atoms with Crippen molar-refractivity contribution in [3.8, 4) is 11.5 Å². The van der Waals surface area contributed by atoms with E-state index in [1.165, 1.54) is 44.6 Å². The van der Waals surface area contributed by atoms with Crippen LogP contribution in [0.1, 0.15) is 18.5 Å². The lowest BCUT2D eigenvalue weighted by Gasteiger charge is -2.26. The van der Waals surface area contributed by atoms with E-state index in [-0.39, 0.29) is 20.6 Å². The van der Waals surface area contributed by atoms with E-state index in [1.54, 1.807) is 43.3 Å². The normalized spacial score (nSPS) is 12.0. The van der Waals surface area contributed by atoms with Crippen LogP contribution in [0.15, 0.2) is 71.6 Å². The molecule has 1 atom stereocenters. The molecular formula is C24H24Cl2N2O5S. The number of methoxy groups -OCH3 is 2. The lowest BCUT2D eigenvalue weighted by Crippen LogP contribution is -2.41. The first-order valence-corrected chi connectivity index (χ1v) is 12.4. The largest absolute Gasteiger partial charge is 0.497 e. The maximum Gasteiger partial charge on any atom is 0.264 e. The molecule has 0 heterocycles. The standard InChI is InChI=1S/C24H24Cl2N2O5S/c1-16(20-14-18(32-2)10-12-23(20)33-3)27-24(29)15-28(22-13-17(25)9-11-21(22)26)34(30,31)19-7-5-4-6-8-19/h4-14,16H,15H2,1-3H3,(H,27,29). The van der Waals surface area contributed by atoms with E-state index >= 15 is 0 Å². The van der Waals surface area contributed by atoms with Crippen LogP contribution in [0.25, 0.3) is 0 Å². The Morgan fingerprint density at radius 1 is 1.00 bits per heavy atom. The molecule has 1 N–H and O–H groups in total. The van der Waals surface area contributed by atoms with Crippen LogP contribution in [0, 0.1) is 0 Å². The second-order valence-corrected chi connectivity index (χ2v) is 10.0. The van der Waals surface area contributed by atoms with Gasteiger partial charge in [-0.3, -0.25) is 9.10 Å². The summed E-state index contributed by atoms with van der Waals surface area (Å²) in [4.78, 5) is 13.1. The summed E-state index contributed by atoms with van der Waals surface area (Å²) in [5.41, 5.74) is 0.772. The number of hydrogen-bond donors (Lipinski definition) is 1. The Balaban J connectivity index is 1.94. The van der Waals surface area contributed by atoms with E-state index in [0.717, 1.165) is 4.31 Å². The molecule has 3 rings (SSSR count). The van der Waals surface area contributed by atoms with Gasteiger partial charge >= 0.3 is 0 Å². The maximum atomic E-state index is 13.5. The summed E-state index contributed by atoms with van der Waals surface area (Å²) in [5.74, 6) is 0.601. The number of benzene rings is 3. The molecule has 3 aromatic carbocycles. The molecule has 34 heavy (non-hydrogen) atoms. The number of carbonyl (C=O) groups excluding carboxylic acids is 1. The van der Waals surface area contributed by atoms with E-state index in [1.807, 2.05) is 0 Å². The fraction of sp³-hybridized carbons (Fsp3) is 0.208. The molecular weight excluding hydrogens is 499 g/mol. The third-order valence-corrected chi connectivity index (χ3v) is 7.40. The van der Waals surface area contributed by atoms with Crippen molar-refractivity contribution in [2.75, 3.05) is 25.1 Å². The van der Waals surface area contributed by atoms with Crippen LogP contribution < -0.4 is 19.1 Å². The van der Waals surface area contributed by atoms with E-state index in [2.05, 4.69) is 5.32 Å². The van der Waals surface area contributed by atoms with Crippen LogP contribution in [0.5, 0.6) is 11.5 Å². The summed E-state index contributed by atoms with van der Waals surface area (Å²) in [6, 6.07) is 16.9. The number of sulfonamides is 1. The van der Waals surface area contributed by atoms with Crippen molar-refractivity contribution in [2.45, 2.75) is 17.9 Å². The SMILES string of the molecule is COc1ccc(OC)c(C(C)NC(=O)CN(c2cc(Cl)ccc2Cl)S(=O)(=O)c2ccccc2)c1. The molecule has 0 aliphatic rings. The van der Waals surface area contributed by atoms with E-state index in [0.29, 0.717) is 17.1 Å². The minimum absolute atomic E-state index is 0.0151. The van der Waals surface area contributed by atoms with Crippen LogP contribution in [-0.4, -0.2) is 35.1 Å². The fourth-order valence-electron chi connectivity index (χ4n) is 3.37. The number of hydrogen-bond acceptors (Lipinski definition) is 5. The lowest BCUT2D eigenvalue weighted by atomic mass is 10.1. The number of ether oxygens (including phenoxy) is 2. The molecule has 0 radical (unpaired) electrons. The summed E-state index contributed by atoms with van der Waals surface area (Å²) in [6.45, 7) is 1.24. The Labute approximate surface area is 209 Å². The van der Waals surface area contributed by atoms with Gasteiger partial charge < -0.3 is 14.8 Å². The monoisotopic (exact) mass is 522 g/mol. The van der Waals surface area contributed by atoms with Gasteiger partial charge in [0.05, 0.1) is 35.9 Å². The van der Waals surface area contributed by atoms with Crippen molar-refractivity contribution < 1.29 is 22.7 Å². The first-order chi connectivity index (χ1) is 16.2. The zero-order valence-electron chi connectivity index (χ0n) is 18.8. The Morgan fingerprint density at radius 3 is 2.35 bits per heavy atom. The van der Waals surface area contributed by atoms with Gasteiger partial charge in [0, 0.05) is 10.6 Å². The quantitative estimate of drug-likeness (QED) is 0.423. The average molecular weight is 523 g/mol. The van der Waals surface area contributed by atoms with Crippen LogP contribution >= 0.6 is 23.2 Å². The second-order valence-electron chi connectivity index (χ2n) is 7.32. The first kappa shape index (κ1) is 25.7. The van der Waals surface area contributed by atoms with Crippen LogP contribution in [0.2, 0.25) is 10.0 Å². The molecule has 0 fully saturated rings. The summed E-state index contributed by atoms with van der Waals surface area (Å²) in [7, 11) is -1.07. The van der Waals surface area contributed by atoms with Crippen molar-refractivity contribution in [2.24, 2.45) is 0 Å². The van der Waals surface area contributed by atoms with Crippen molar-refractivity contribution >= 4 is 44.8 Å². The van der Waals surface area contributed by atoms with Crippen LogP contribution in [0.3, 0.4) is 0 Å². The molecule has 0 aliphatic carbocycles. The molecule has 1 amide bonds. The number of carbonyl (C=O) groups is 1. The number of rotatable bonds is 9. The summed E-state index contributed by atoms with van der Waals surface area (Å²) < 4.78 is 38.6. The predicted octanol–water partition coefficient (Wildman–Crippen LogP) is 5.08. The van der Waals surface area contributed by atoms with Gasteiger partial charge in [-0.05, 0) is 55.5 Å². The minimum Gasteiger partial charge on any atom is -0.497 e. The van der Waals surface area contributed by atoms with Crippen LogP contribution in [-0.2, 0) is 14.8 Å². The molecule has 0 bridgehead atoms. The highest BCUT2D eigenvalue weighted by Crippen LogP contribution is 2.33. The highest BCUT2D eigenvalue weighted by atomic mass is 35.5. The molecule has 0 saturated heterocycles. The van der Waals surface area contributed by atoms with Crippen molar-refractivity contribution in [1.82, 2.24) is 5.32 Å². The molecule has 3 aromatic rings. The topological polar surface area (TPSA) is 84.9 Å². The molecule has 0 aromatic heterocycles. The number of amides is 1. The number of anilines is 1. The zero-order valence-corrected chi connectivity index (χ0v) is 21.1. The third-order valence-electron chi connectivity index (χ3n) is 5.08. The van der Waals surface area contributed by atoms with Crippen LogP contribution in [0.4, 0.5) is 5.69 Å². The zero-order chi connectivity index (χ0) is 24.9. The number of halogens is 2. The predicted molar refractivity (Wildman–Crippen MR) is 134 cm³/mol. The minimum atomic E-state index is -4.13. The molecule has 0 saturated carbocycles.